The topological polar surface area (TPSA) is 87.3 Å². The SMILES string of the molecule is CC(C)C(NC(=O)C12CC3CC(CC(C3)C1)C2)C(=O)NCC(=O)NC(C)(C)C. The molecule has 4 aliphatic rings. The van der Waals surface area contributed by atoms with Gasteiger partial charge in [0.1, 0.15) is 6.04 Å². The summed E-state index contributed by atoms with van der Waals surface area (Å²) in [6.45, 7) is 9.48. The van der Waals surface area contributed by atoms with Gasteiger partial charge < -0.3 is 16.0 Å². The number of carbonyl (C=O) groups excluding carboxylic acids is 3. The molecule has 1 unspecified atom stereocenters. The van der Waals surface area contributed by atoms with Crippen LogP contribution in [0.3, 0.4) is 0 Å². The predicted octanol–water partition coefficient (Wildman–Crippen LogP) is 2.37. The van der Waals surface area contributed by atoms with Crippen molar-refractivity contribution in [3.05, 3.63) is 0 Å². The van der Waals surface area contributed by atoms with Gasteiger partial charge in [0.25, 0.3) is 0 Å². The molecule has 0 saturated heterocycles. The first-order valence-electron chi connectivity index (χ1n) is 10.9. The van der Waals surface area contributed by atoms with E-state index in [4.69, 9.17) is 0 Å². The number of rotatable bonds is 6. The first-order chi connectivity index (χ1) is 13.0. The summed E-state index contributed by atoms with van der Waals surface area (Å²) >= 11 is 0. The summed E-state index contributed by atoms with van der Waals surface area (Å²) in [5, 5.41) is 8.59. The monoisotopic (exact) mass is 391 g/mol. The van der Waals surface area contributed by atoms with E-state index >= 15 is 0 Å². The van der Waals surface area contributed by atoms with Gasteiger partial charge in [-0.1, -0.05) is 13.8 Å². The summed E-state index contributed by atoms with van der Waals surface area (Å²) in [5.41, 5.74) is -0.613. The summed E-state index contributed by atoms with van der Waals surface area (Å²) in [6, 6.07) is -0.608. The molecule has 6 heteroatoms. The van der Waals surface area contributed by atoms with Crippen molar-refractivity contribution in [2.75, 3.05) is 6.54 Å². The van der Waals surface area contributed by atoms with Gasteiger partial charge in [-0.15, -0.1) is 0 Å². The zero-order valence-electron chi connectivity index (χ0n) is 18.1. The minimum Gasteiger partial charge on any atom is -0.350 e. The molecule has 6 nitrogen and oxygen atoms in total. The average Bonchev–Trinajstić information content (AvgIpc) is 2.54. The number of nitrogens with one attached hydrogen (secondary N) is 3. The Morgan fingerprint density at radius 1 is 0.964 bits per heavy atom. The molecule has 1 atom stereocenters. The van der Waals surface area contributed by atoms with Crippen LogP contribution in [0, 0.1) is 29.1 Å². The number of hydrogen-bond acceptors (Lipinski definition) is 3. The zero-order chi connectivity index (χ0) is 20.7. The van der Waals surface area contributed by atoms with E-state index in [1.165, 1.54) is 19.3 Å². The highest BCUT2D eigenvalue weighted by atomic mass is 16.2. The van der Waals surface area contributed by atoms with Gasteiger partial charge in [0.2, 0.25) is 17.7 Å². The minimum absolute atomic E-state index is 0.0384. The third kappa shape index (κ3) is 4.69. The summed E-state index contributed by atoms with van der Waals surface area (Å²) in [6.07, 6.45) is 6.78. The highest BCUT2D eigenvalue weighted by Gasteiger charge is 2.55. The molecule has 0 heterocycles. The van der Waals surface area contributed by atoms with Crippen LogP contribution in [0.1, 0.15) is 73.1 Å². The van der Waals surface area contributed by atoms with Crippen molar-refractivity contribution in [1.82, 2.24) is 16.0 Å². The minimum atomic E-state index is -0.608. The van der Waals surface area contributed by atoms with Crippen molar-refractivity contribution < 1.29 is 14.4 Å². The van der Waals surface area contributed by atoms with Gasteiger partial charge in [0, 0.05) is 11.0 Å². The lowest BCUT2D eigenvalue weighted by Crippen LogP contribution is -2.59. The Morgan fingerprint density at radius 3 is 1.89 bits per heavy atom. The normalized spacial score (nSPS) is 32.1. The quantitative estimate of drug-likeness (QED) is 0.650. The molecular weight excluding hydrogens is 354 g/mol. The zero-order valence-corrected chi connectivity index (χ0v) is 18.1. The fourth-order valence-electron chi connectivity index (χ4n) is 5.96. The van der Waals surface area contributed by atoms with Crippen LogP contribution >= 0.6 is 0 Å². The Hall–Kier alpha value is -1.59. The second-order valence-corrected chi connectivity index (χ2v) is 10.9. The van der Waals surface area contributed by atoms with Gasteiger partial charge >= 0.3 is 0 Å². The van der Waals surface area contributed by atoms with Crippen LogP contribution < -0.4 is 16.0 Å². The summed E-state index contributed by atoms with van der Waals surface area (Å²) in [4.78, 5) is 38.0. The molecule has 0 spiro atoms. The van der Waals surface area contributed by atoms with Crippen molar-refractivity contribution in [3.8, 4) is 0 Å². The molecule has 158 valence electrons. The third-order valence-electron chi connectivity index (χ3n) is 6.69. The smallest absolute Gasteiger partial charge is 0.243 e. The number of carbonyl (C=O) groups is 3. The van der Waals surface area contributed by atoms with Crippen LogP contribution in [-0.2, 0) is 14.4 Å². The van der Waals surface area contributed by atoms with Gasteiger partial charge in [0.15, 0.2) is 0 Å². The van der Waals surface area contributed by atoms with Gasteiger partial charge in [-0.2, -0.15) is 0 Å². The van der Waals surface area contributed by atoms with E-state index < -0.39 is 6.04 Å². The second kappa shape index (κ2) is 7.68. The second-order valence-electron chi connectivity index (χ2n) is 10.9. The van der Waals surface area contributed by atoms with Crippen LogP contribution in [0.5, 0.6) is 0 Å². The molecule has 3 amide bonds. The predicted molar refractivity (Wildman–Crippen MR) is 108 cm³/mol. The molecule has 0 aromatic carbocycles. The van der Waals surface area contributed by atoms with E-state index in [0.717, 1.165) is 19.3 Å². The van der Waals surface area contributed by atoms with E-state index in [0.29, 0.717) is 17.8 Å². The van der Waals surface area contributed by atoms with Gasteiger partial charge in [-0.3, -0.25) is 14.4 Å². The van der Waals surface area contributed by atoms with E-state index in [1.54, 1.807) is 0 Å². The van der Waals surface area contributed by atoms with Crippen LogP contribution in [-0.4, -0.2) is 35.8 Å². The lowest BCUT2D eigenvalue weighted by molar-refractivity contribution is -0.149. The van der Waals surface area contributed by atoms with Crippen molar-refractivity contribution in [2.45, 2.75) is 84.7 Å². The molecule has 0 radical (unpaired) electrons. The Bertz CT molecular complexity index is 600. The third-order valence-corrected chi connectivity index (χ3v) is 6.69. The van der Waals surface area contributed by atoms with Crippen LogP contribution in [0.15, 0.2) is 0 Å². The Labute approximate surface area is 169 Å². The maximum Gasteiger partial charge on any atom is 0.243 e. The molecule has 4 rings (SSSR count). The first-order valence-corrected chi connectivity index (χ1v) is 10.9. The molecule has 4 bridgehead atoms. The average molecular weight is 392 g/mol. The van der Waals surface area contributed by atoms with E-state index in [9.17, 15) is 14.4 Å². The summed E-state index contributed by atoms with van der Waals surface area (Å²) < 4.78 is 0. The fraction of sp³-hybridized carbons (Fsp3) is 0.864. The molecule has 28 heavy (non-hydrogen) atoms. The largest absolute Gasteiger partial charge is 0.350 e. The number of hydrogen-bond donors (Lipinski definition) is 3. The molecule has 0 aliphatic heterocycles. The van der Waals surface area contributed by atoms with Crippen LogP contribution in [0.4, 0.5) is 0 Å². The Kier molecular flexibility index (Phi) is 5.79. The van der Waals surface area contributed by atoms with E-state index in [1.807, 2.05) is 34.6 Å². The van der Waals surface area contributed by atoms with E-state index in [2.05, 4.69) is 16.0 Å². The molecule has 0 aromatic rings. The van der Waals surface area contributed by atoms with Crippen molar-refractivity contribution >= 4 is 17.7 Å². The van der Waals surface area contributed by atoms with Crippen LogP contribution in [0.2, 0.25) is 0 Å². The first kappa shape index (κ1) is 21.1. The standard InChI is InChI=1S/C22H37N3O3/c1-13(2)18(19(27)23-12-17(26)25-21(3,4)5)24-20(28)22-9-14-6-15(10-22)8-16(7-14)11-22/h13-16,18H,6-12H2,1-5H3,(H,23,27)(H,24,28)(H,25,26). The fourth-order valence-corrected chi connectivity index (χ4v) is 5.96. The Balaban J connectivity index is 1.59. The van der Waals surface area contributed by atoms with Gasteiger partial charge in [0.05, 0.1) is 6.54 Å². The summed E-state index contributed by atoms with van der Waals surface area (Å²) in [7, 11) is 0. The molecule has 3 N–H and O–H groups in total. The van der Waals surface area contributed by atoms with Crippen molar-refractivity contribution in [3.63, 3.8) is 0 Å². The van der Waals surface area contributed by atoms with Gasteiger partial charge in [-0.05, 0) is 83.0 Å². The van der Waals surface area contributed by atoms with Crippen molar-refractivity contribution in [2.24, 2.45) is 29.1 Å². The van der Waals surface area contributed by atoms with Crippen molar-refractivity contribution in [1.29, 1.82) is 0 Å². The van der Waals surface area contributed by atoms with Crippen LogP contribution in [0.25, 0.3) is 0 Å². The molecular formula is C22H37N3O3. The Morgan fingerprint density at radius 2 is 1.46 bits per heavy atom. The molecule has 0 aromatic heterocycles. The highest BCUT2D eigenvalue weighted by Crippen LogP contribution is 2.60. The molecule has 4 saturated carbocycles. The highest BCUT2D eigenvalue weighted by molar-refractivity contribution is 5.92. The molecule has 4 fully saturated rings. The maximum atomic E-state index is 13.3. The summed E-state index contributed by atoms with van der Waals surface area (Å²) in [5.74, 6) is 1.56. The van der Waals surface area contributed by atoms with E-state index in [-0.39, 0.29) is 41.1 Å². The maximum absolute atomic E-state index is 13.3. The van der Waals surface area contributed by atoms with Gasteiger partial charge in [-0.25, -0.2) is 0 Å². The molecule has 4 aliphatic carbocycles. The lowest BCUT2D eigenvalue weighted by atomic mass is 9.49. The lowest BCUT2D eigenvalue weighted by Gasteiger charge is -2.55. The number of amides is 3.